The number of amides is 1. The lowest BCUT2D eigenvalue weighted by molar-refractivity contribution is 0.0995. The first-order valence-corrected chi connectivity index (χ1v) is 8.76. The van der Waals surface area contributed by atoms with E-state index in [1.54, 1.807) is 4.40 Å². The predicted molar refractivity (Wildman–Crippen MR) is 103 cm³/mol. The van der Waals surface area contributed by atoms with Gasteiger partial charge in [0.25, 0.3) is 5.91 Å². The molecule has 0 aromatic carbocycles. The lowest BCUT2D eigenvalue weighted by Gasteiger charge is -2.08. The van der Waals surface area contributed by atoms with Crippen molar-refractivity contribution >= 4 is 11.6 Å². The van der Waals surface area contributed by atoms with E-state index in [2.05, 4.69) is 16.9 Å². The molecular weight excluding hydrogens is 340 g/mol. The van der Waals surface area contributed by atoms with Crippen molar-refractivity contribution in [3.8, 4) is 22.5 Å². The number of carbonyl (C=O) groups is 1. The van der Waals surface area contributed by atoms with Crippen molar-refractivity contribution in [3.05, 3.63) is 59.8 Å². The Morgan fingerprint density at radius 1 is 1.22 bits per heavy atom. The molecule has 27 heavy (non-hydrogen) atoms. The molecule has 4 aromatic heterocycles. The molecule has 0 saturated carbocycles. The summed E-state index contributed by atoms with van der Waals surface area (Å²) in [5.41, 5.74) is 12.1. The quantitative estimate of drug-likeness (QED) is 0.606. The Hall–Kier alpha value is -3.48. The topological polar surface area (TPSA) is 91.1 Å². The van der Waals surface area contributed by atoms with E-state index >= 15 is 0 Å². The molecule has 0 aliphatic rings. The van der Waals surface area contributed by atoms with Gasteiger partial charge in [0.15, 0.2) is 0 Å². The number of aromatic nitrogens is 5. The molecule has 7 nitrogen and oxygen atoms in total. The highest BCUT2D eigenvalue weighted by atomic mass is 16.1. The third-order valence-electron chi connectivity index (χ3n) is 4.68. The van der Waals surface area contributed by atoms with Crippen LogP contribution in [-0.4, -0.2) is 30.1 Å². The molecule has 2 N–H and O–H groups in total. The van der Waals surface area contributed by atoms with Gasteiger partial charge in [-0.15, -0.1) is 0 Å². The van der Waals surface area contributed by atoms with Gasteiger partial charge < -0.3 is 5.73 Å². The fourth-order valence-electron chi connectivity index (χ4n) is 3.43. The van der Waals surface area contributed by atoms with Crippen LogP contribution < -0.4 is 5.73 Å². The second-order valence-electron chi connectivity index (χ2n) is 6.47. The van der Waals surface area contributed by atoms with Crippen LogP contribution in [0.15, 0.2) is 42.7 Å². The van der Waals surface area contributed by atoms with E-state index < -0.39 is 5.91 Å². The van der Waals surface area contributed by atoms with Gasteiger partial charge in [-0.25, -0.2) is 4.98 Å². The highest BCUT2D eigenvalue weighted by molar-refractivity contribution is 5.92. The summed E-state index contributed by atoms with van der Waals surface area (Å²) >= 11 is 0. The maximum Gasteiger partial charge on any atom is 0.267 e. The minimum atomic E-state index is -0.512. The number of carbonyl (C=O) groups excluding carboxylic acids is 1. The molecular formula is C20H20N6O. The molecule has 0 bridgehead atoms. The Labute approximate surface area is 156 Å². The summed E-state index contributed by atoms with van der Waals surface area (Å²) in [7, 11) is 1.94. The Kier molecular flexibility index (Phi) is 3.99. The lowest BCUT2D eigenvalue weighted by Crippen LogP contribution is -2.13. The molecule has 0 saturated heterocycles. The second-order valence-corrected chi connectivity index (χ2v) is 6.47. The SMILES string of the molecule is CCc1c(-c2ccc3ncc(C(N)=O)n3c2)c(-c2cccc(C)n2)nn1C. The first kappa shape index (κ1) is 17.0. The number of hydrogen-bond donors (Lipinski definition) is 1. The zero-order valence-electron chi connectivity index (χ0n) is 15.5. The first-order chi connectivity index (χ1) is 13.0. The normalized spacial score (nSPS) is 11.2. The van der Waals surface area contributed by atoms with Crippen molar-refractivity contribution in [1.82, 2.24) is 24.1 Å². The molecule has 7 heteroatoms. The van der Waals surface area contributed by atoms with Gasteiger partial charge in [-0.2, -0.15) is 5.10 Å². The first-order valence-electron chi connectivity index (χ1n) is 8.76. The van der Waals surface area contributed by atoms with Crippen molar-refractivity contribution in [2.45, 2.75) is 20.3 Å². The third-order valence-corrected chi connectivity index (χ3v) is 4.68. The average molecular weight is 360 g/mol. The number of pyridine rings is 2. The summed E-state index contributed by atoms with van der Waals surface area (Å²) < 4.78 is 3.61. The minimum absolute atomic E-state index is 0.351. The van der Waals surface area contributed by atoms with Gasteiger partial charge in [-0.1, -0.05) is 13.0 Å². The predicted octanol–water partition coefficient (Wildman–Crippen LogP) is 2.77. The molecule has 0 radical (unpaired) electrons. The molecule has 0 aliphatic heterocycles. The number of nitrogens with two attached hydrogens (primary N) is 1. The number of hydrogen-bond acceptors (Lipinski definition) is 4. The Morgan fingerprint density at radius 2 is 2.04 bits per heavy atom. The number of nitrogens with zero attached hydrogens (tertiary/aromatic N) is 5. The highest BCUT2D eigenvalue weighted by Gasteiger charge is 2.20. The van der Waals surface area contributed by atoms with E-state index in [0.29, 0.717) is 11.3 Å². The van der Waals surface area contributed by atoms with Gasteiger partial charge in [0.2, 0.25) is 0 Å². The number of aryl methyl sites for hydroxylation is 2. The number of imidazole rings is 1. The second kappa shape index (κ2) is 6.35. The van der Waals surface area contributed by atoms with Crippen LogP contribution in [0.25, 0.3) is 28.2 Å². The molecule has 0 unspecified atom stereocenters. The fraction of sp³-hybridized carbons (Fsp3) is 0.200. The van der Waals surface area contributed by atoms with Crippen LogP contribution in [0.2, 0.25) is 0 Å². The number of rotatable bonds is 4. The summed E-state index contributed by atoms with van der Waals surface area (Å²) in [6, 6.07) is 9.77. The van der Waals surface area contributed by atoms with Crippen LogP contribution in [-0.2, 0) is 13.5 Å². The molecule has 0 atom stereocenters. The van der Waals surface area contributed by atoms with E-state index in [9.17, 15) is 4.79 Å². The largest absolute Gasteiger partial charge is 0.364 e. The Balaban J connectivity index is 1.99. The highest BCUT2D eigenvalue weighted by Crippen LogP contribution is 2.34. The van der Waals surface area contributed by atoms with Gasteiger partial charge in [0.1, 0.15) is 17.0 Å². The zero-order chi connectivity index (χ0) is 19.1. The lowest BCUT2D eigenvalue weighted by atomic mass is 10.0. The van der Waals surface area contributed by atoms with Gasteiger partial charge in [0.05, 0.1) is 11.9 Å². The smallest absolute Gasteiger partial charge is 0.267 e. The maximum atomic E-state index is 11.7. The number of fused-ring (bicyclic) bond motifs is 1. The van der Waals surface area contributed by atoms with Gasteiger partial charge in [-0.05, 0) is 37.6 Å². The Bertz CT molecular complexity index is 1170. The molecule has 136 valence electrons. The van der Waals surface area contributed by atoms with Gasteiger partial charge in [-0.3, -0.25) is 18.9 Å². The number of primary amides is 1. The summed E-state index contributed by atoms with van der Waals surface area (Å²) in [6.45, 7) is 4.06. The third kappa shape index (κ3) is 2.77. The molecule has 1 amide bonds. The molecule has 0 fully saturated rings. The Morgan fingerprint density at radius 3 is 2.74 bits per heavy atom. The van der Waals surface area contributed by atoms with Crippen LogP contribution in [0.4, 0.5) is 0 Å². The van der Waals surface area contributed by atoms with Crippen molar-refractivity contribution in [2.24, 2.45) is 12.8 Å². The zero-order valence-corrected chi connectivity index (χ0v) is 15.5. The average Bonchev–Trinajstić information content (AvgIpc) is 3.21. The van der Waals surface area contributed by atoms with Crippen molar-refractivity contribution in [3.63, 3.8) is 0 Å². The van der Waals surface area contributed by atoms with Gasteiger partial charge in [0, 0.05) is 35.8 Å². The van der Waals surface area contributed by atoms with Crippen molar-refractivity contribution < 1.29 is 4.79 Å². The molecule has 4 aromatic rings. The van der Waals surface area contributed by atoms with Crippen LogP contribution in [0.3, 0.4) is 0 Å². The van der Waals surface area contributed by atoms with Crippen LogP contribution >= 0.6 is 0 Å². The van der Waals surface area contributed by atoms with Gasteiger partial charge >= 0.3 is 0 Å². The summed E-state index contributed by atoms with van der Waals surface area (Å²) in [6.07, 6.45) is 4.20. The molecule has 0 aliphatic carbocycles. The van der Waals surface area contributed by atoms with E-state index in [4.69, 9.17) is 10.8 Å². The van der Waals surface area contributed by atoms with Crippen LogP contribution in [0, 0.1) is 6.92 Å². The van der Waals surface area contributed by atoms with Crippen molar-refractivity contribution in [1.29, 1.82) is 0 Å². The van der Waals surface area contributed by atoms with Crippen LogP contribution in [0.1, 0.15) is 28.8 Å². The summed E-state index contributed by atoms with van der Waals surface area (Å²) in [5.74, 6) is -0.512. The monoisotopic (exact) mass is 360 g/mol. The molecule has 0 spiro atoms. The molecule has 4 heterocycles. The summed E-state index contributed by atoms with van der Waals surface area (Å²) in [5, 5.41) is 4.73. The van der Waals surface area contributed by atoms with E-state index in [-0.39, 0.29) is 0 Å². The standard InChI is InChI=1S/C20H20N6O/c1-4-15-18(19(24-25(15)3)14-7-5-6-12(2)23-14)13-8-9-17-22-10-16(20(21)27)26(17)11-13/h5-11H,4H2,1-3H3,(H2,21,27). The maximum absolute atomic E-state index is 11.7. The van der Waals surface area contributed by atoms with Crippen LogP contribution in [0.5, 0.6) is 0 Å². The van der Waals surface area contributed by atoms with E-state index in [0.717, 1.165) is 40.3 Å². The molecule has 4 rings (SSSR count). The minimum Gasteiger partial charge on any atom is -0.364 e. The fourth-order valence-corrected chi connectivity index (χ4v) is 3.43. The summed E-state index contributed by atoms with van der Waals surface area (Å²) in [4.78, 5) is 20.6. The van der Waals surface area contributed by atoms with E-state index in [1.807, 2.05) is 55.2 Å². The van der Waals surface area contributed by atoms with E-state index in [1.165, 1.54) is 6.20 Å². The van der Waals surface area contributed by atoms with Crippen molar-refractivity contribution in [2.75, 3.05) is 0 Å².